The third-order valence-electron chi connectivity index (χ3n) is 1.38. The van der Waals surface area contributed by atoms with Crippen molar-refractivity contribution in [2.45, 2.75) is 33.1 Å². The van der Waals surface area contributed by atoms with Gasteiger partial charge in [0.15, 0.2) is 0 Å². The summed E-state index contributed by atoms with van der Waals surface area (Å²) in [7, 11) is 0.0256. The number of carbonyl (C=O) groups excluding carboxylic acids is 1. The molecular formula is C7H16BNO2. The van der Waals surface area contributed by atoms with Gasteiger partial charge in [0, 0.05) is 12.9 Å². The molecule has 0 rings (SSSR count). The Balaban J connectivity index is 3.66. The molecule has 0 spiro atoms. The second-order valence-corrected chi connectivity index (χ2v) is 3.21. The van der Waals surface area contributed by atoms with Gasteiger partial charge >= 0.3 is 0 Å². The molecule has 0 saturated heterocycles. The summed E-state index contributed by atoms with van der Waals surface area (Å²) in [5, 5.41) is 11.5. The first-order valence-corrected chi connectivity index (χ1v) is 3.94. The van der Waals surface area contributed by atoms with Crippen LogP contribution in [0.1, 0.15) is 27.2 Å². The first kappa shape index (κ1) is 10.5. The van der Waals surface area contributed by atoms with Crippen molar-refractivity contribution in [3.8, 4) is 0 Å². The molecule has 0 aliphatic heterocycles. The van der Waals surface area contributed by atoms with Gasteiger partial charge in [-0.1, -0.05) is 13.8 Å². The van der Waals surface area contributed by atoms with Crippen LogP contribution in [0.25, 0.3) is 0 Å². The standard InChI is InChI=1S/C7H16BNO2/c1-5(2)4-7(8-11)9-6(3)10/h5,7-8,11H,4H2,1-3H3,(H,9,10)/t7-/m0/s1. The molecule has 0 fully saturated rings. The maximum absolute atomic E-state index is 10.6. The molecule has 11 heavy (non-hydrogen) atoms. The van der Waals surface area contributed by atoms with Gasteiger partial charge < -0.3 is 10.3 Å². The molecule has 1 amide bonds. The normalized spacial score (nSPS) is 12.8. The highest BCUT2D eigenvalue weighted by atomic mass is 16.2. The fraction of sp³-hybridized carbons (Fsp3) is 0.857. The van der Waals surface area contributed by atoms with Gasteiger partial charge in [-0.05, 0) is 12.3 Å². The summed E-state index contributed by atoms with van der Waals surface area (Å²) in [6, 6.07) is 0. The summed E-state index contributed by atoms with van der Waals surface area (Å²) in [4.78, 5) is 10.6. The quantitative estimate of drug-likeness (QED) is 0.557. The molecule has 0 aliphatic carbocycles. The van der Waals surface area contributed by atoms with Gasteiger partial charge in [-0.15, -0.1) is 0 Å². The highest BCUT2D eigenvalue weighted by molar-refractivity contribution is 6.28. The van der Waals surface area contributed by atoms with Crippen LogP contribution in [-0.2, 0) is 4.79 Å². The van der Waals surface area contributed by atoms with Gasteiger partial charge in [-0.2, -0.15) is 0 Å². The van der Waals surface area contributed by atoms with Crippen LogP contribution >= 0.6 is 0 Å². The monoisotopic (exact) mass is 157 g/mol. The minimum absolute atomic E-state index is 0.0256. The summed E-state index contributed by atoms with van der Waals surface area (Å²) < 4.78 is 0. The van der Waals surface area contributed by atoms with Crippen LogP contribution in [0.15, 0.2) is 0 Å². The molecule has 0 aromatic carbocycles. The number of hydrogen-bond donors (Lipinski definition) is 2. The van der Waals surface area contributed by atoms with Crippen molar-refractivity contribution in [1.29, 1.82) is 0 Å². The van der Waals surface area contributed by atoms with E-state index in [0.29, 0.717) is 5.92 Å². The van der Waals surface area contributed by atoms with E-state index in [4.69, 9.17) is 5.02 Å². The van der Waals surface area contributed by atoms with E-state index in [-0.39, 0.29) is 19.3 Å². The number of hydrogen-bond acceptors (Lipinski definition) is 2. The minimum atomic E-state index is -0.0790. The Bertz CT molecular complexity index is 128. The van der Waals surface area contributed by atoms with Gasteiger partial charge in [-0.3, -0.25) is 4.79 Å². The number of carbonyl (C=O) groups is 1. The summed E-state index contributed by atoms with van der Waals surface area (Å²) in [6.45, 7) is 5.58. The van der Waals surface area contributed by atoms with E-state index >= 15 is 0 Å². The first-order valence-electron chi connectivity index (χ1n) is 3.94. The summed E-state index contributed by atoms with van der Waals surface area (Å²) in [6.07, 6.45) is 0.829. The third kappa shape index (κ3) is 5.92. The van der Waals surface area contributed by atoms with Gasteiger partial charge in [0.2, 0.25) is 5.91 Å². The molecule has 0 aromatic rings. The van der Waals surface area contributed by atoms with Gasteiger partial charge in [0.25, 0.3) is 7.48 Å². The van der Waals surface area contributed by atoms with Crippen LogP contribution in [0.5, 0.6) is 0 Å². The Morgan fingerprint density at radius 2 is 2.18 bits per heavy atom. The number of amides is 1. The average molecular weight is 157 g/mol. The van der Waals surface area contributed by atoms with Crippen molar-refractivity contribution in [3.05, 3.63) is 0 Å². The second kappa shape index (κ2) is 5.19. The molecule has 0 aliphatic rings. The lowest BCUT2D eigenvalue weighted by atomic mass is 9.82. The van der Waals surface area contributed by atoms with Crippen molar-refractivity contribution in [2.24, 2.45) is 5.92 Å². The van der Waals surface area contributed by atoms with Crippen molar-refractivity contribution in [3.63, 3.8) is 0 Å². The predicted octanol–water partition coefficient (Wildman–Crippen LogP) is -0.162. The van der Waals surface area contributed by atoms with E-state index < -0.39 is 0 Å². The molecule has 0 bridgehead atoms. The third-order valence-corrected chi connectivity index (χ3v) is 1.38. The van der Waals surface area contributed by atoms with Crippen LogP contribution in [0.3, 0.4) is 0 Å². The van der Waals surface area contributed by atoms with E-state index in [2.05, 4.69) is 19.2 Å². The highest BCUT2D eigenvalue weighted by Gasteiger charge is 2.11. The molecule has 0 aromatic heterocycles. The van der Waals surface area contributed by atoms with Crippen LogP contribution < -0.4 is 5.32 Å². The molecule has 0 radical (unpaired) electrons. The Labute approximate surface area is 68.5 Å². The lowest BCUT2D eigenvalue weighted by Gasteiger charge is -2.15. The Morgan fingerprint density at radius 1 is 1.64 bits per heavy atom. The van der Waals surface area contributed by atoms with Crippen LogP contribution in [0, 0.1) is 5.92 Å². The number of rotatable bonds is 4. The maximum atomic E-state index is 10.6. The highest BCUT2D eigenvalue weighted by Crippen LogP contribution is 2.02. The molecule has 4 heteroatoms. The molecule has 0 saturated carbocycles. The Kier molecular flexibility index (Phi) is 4.95. The fourth-order valence-electron chi connectivity index (χ4n) is 1.04. The average Bonchev–Trinajstić information content (AvgIpc) is 1.84. The summed E-state index contributed by atoms with van der Waals surface area (Å²) >= 11 is 0. The van der Waals surface area contributed by atoms with Crippen molar-refractivity contribution in [2.75, 3.05) is 0 Å². The topological polar surface area (TPSA) is 49.3 Å². The second-order valence-electron chi connectivity index (χ2n) is 3.21. The molecule has 64 valence electrons. The van der Waals surface area contributed by atoms with Gasteiger partial charge in [0.1, 0.15) is 0 Å². The summed E-state index contributed by atoms with van der Waals surface area (Å²) in [5.74, 6) is 0.344. The molecule has 0 heterocycles. The minimum Gasteiger partial charge on any atom is -0.452 e. The lowest BCUT2D eigenvalue weighted by molar-refractivity contribution is -0.119. The Hall–Kier alpha value is -0.505. The van der Waals surface area contributed by atoms with Crippen LogP contribution in [-0.4, -0.2) is 24.4 Å². The molecule has 1 atom stereocenters. The zero-order chi connectivity index (χ0) is 8.85. The SMILES string of the molecule is CC(=O)N[C@H](BO)CC(C)C. The largest absolute Gasteiger partial charge is 0.452 e. The van der Waals surface area contributed by atoms with Gasteiger partial charge in [-0.25, -0.2) is 0 Å². The van der Waals surface area contributed by atoms with E-state index in [1.54, 1.807) is 0 Å². The fourth-order valence-corrected chi connectivity index (χ4v) is 1.04. The van der Waals surface area contributed by atoms with Gasteiger partial charge in [0.05, 0.1) is 0 Å². The zero-order valence-corrected chi connectivity index (χ0v) is 7.42. The van der Waals surface area contributed by atoms with Crippen molar-refractivity contribution < 1.29 is 9.82 Å². The molecule has 3 nitrogen and oxygen atoms in total. The van der Waals surface area contributed by atoms with E-state index in [0.717, 1.165) is 6.42 Å². The van der Waals surface area contributed by atoms with Crippen molar-refractivity contribution >= 4 is 13.4 Å². The van der Waals surface area contributed by atoms with Crippen LogP contribution in [0.4, 0.5) is 0 Å². The molecule has 0 unspecified atom stereocenters. The van der Waals surface area contributed by atoms with E-state index in [1.807, 2.05) is 0 Å². The Morgan fingerprint density at radius 3 is 2.45 bits per heavy atom. The molecular weight excluding hydrogens is 141 g/mol. The van der Waals surface area contributed by atoms with Crippen molar-refractivity contribution in [1.82, 2.24) is 5.32 Å². The summed E-state index contributed by atoms with van der Waals surface area (Å²) in [5.41, 5.74) is 0. The first-order chi connectivity index (χ1) is 5.06. The van der Waals surface area contributed by atoms with Crippen LogP contribution in [0.2, 0.25) is 0 Å². The predicted molar refractivity (Wildman–Crippen MR) is 46.4 cm³/mol. The smallest absolute Gasteiger partial charge is 0.293 e. The lowest BCUT2D eigenvalue weighted by Crippen LogP contribution is -2.38. The maximum Gasteiger partial charge on any atom is 0.293 e. The zero-order valence-electron chi connectivity index (χ0n) is 7.42. The number of nitrogens with one attached hydrogen (secondary N) is 1. The molecule has 2 N–H and O–H groups in total. The van der Waals surface area contributed by atoms with E-state index in [1.165, 1.54) is 6.92 Å². The van der Waals surface area contributed by atoms with E-state index in [9.17, 15) is 4.79 Å².